The Bertz CT molecular complexity index is 1540. The number of amides is 2. The molecule has 10 nitrogen and oxygen atoms in total. The van der Waals surface area contributed by atoms with Crippen molar-refractivity contribution in [2.45, 2.75) is 19.3 Å². The summed E-state index contributed by atoms with van der Waals surface area (Å²) in [5.74, 6) is -3.66. The zero-order valence-corrected chi connectivity index (χ0v) is 22.0. The van der Waals surface area contributed by atoms with Gasteiger partial charge in [0.2, 0.25) is 0 Å². The van der Waals surface area contributed by atoms with Crippen molar-refractivity contribution in [1.82, 2.24) is 0 Å². The maximum atomic E-state index is 12.8. The molecular formula is C31H26N2O8. The monoisotopic (exact) mass is 554 g/mol. The topological polar surface area (TPSA) is 173 Å². The van der Waals surface area contributed by atoms with Crippen LogP contribution in [0.2, 0.25) is 0 Å². The molecule has 0 heterocycles. The average Bonchev–Trinajstić information content (AvgIpc) is 2.95. The molecule has 10 heteroatoms. The molecule has 4 aromatic carbocycles. The van der Waals surface area contributed by atoms with Crippen molar-refractivity contribution in [3.05, 3.63) is 118 Å². The van der Waals surface area contributed by atoms with Crippen LogP contribution in [-0.2, 0) is 5.41 Å². The first-order valence-electron chi connectivity index (χ1n) is 12.3. The maximum absolute atomic E-state index is 12.8. The molecule has 0 atom stereocenters. The summed E-state index contributed by atoms with van der Waals surface area (Å²) in [6.45, 7) is 3.77. The summed E-state index contributed by atoms with van der Waals surface area (Å²) >= 11 is 0. The number of carboxylic acid groups (broad SMARTS) is 2. The Balaban J connectivity index is 1.57. The molecule has 41 heavy (non-hydrogen) atoms. The number of phenols is 2. The summed E-state index contributed by atoms with van der Waals surface area (Å²) in [5, 5.41) is 44.2. The first kappa shape index (κ1) is 28.4. The Morgan fingerprint density at radius 2 is 0.854 bits per heavy atom. The number of hydrogen-bond donors (Lipinski definition) is 6. The Morgan fingerprint density at radius 3 is 1.17 bits per heavy atom. The fourth-order valence-corrected chi connectivity index (χ4v) is 4.13. The SMILES string of the molecule is CC(C)(c1ccc(O)c(NC(=O)c2ccc(C(=O)O)cc2)c1)c1ccc(O)c(NC(=O)c2ccc(C(=O)O)cc2)c1. The summed E-state index contributed by atoms with van der Waals surface area (Å²) in [7, 11) is 0. The van der Waals surface area contributed by atoms with Gasteiger partial charge in [0.25, 0.3) is 11.8 Å². The van der Waals surface area contributed by atoms with Gasteiger partial charge in [-0.3, -0.25) is 9.59 Å². The molecule has 0 aliphatic carbocycles. The number of carbonyl (C=O) groups excluding carboxylic acids is 2. The number of phenolic OH excluding ortho intramolecular Hbond substituents is 2. The van der Waals surface area contributed by atoms with Crippen molar-refractivity contribution in [2.75, 3.05) is 10.6 Å². The third-order valence-electron chi connectivity index (χ3n) is 6.72. The molecule has 2 amide bonds. The van der Waals surface area contributed by atoms with Gasteiger partial charge in [-0.15, -0.1) is 0 Å². The normalized spacial score (nSPS) is 11.0. The molecule has 0 saturated heterocycles. The third-order valence-corrected chi connectivity index (χ3v) is 6.72. The van der Waals surface area contributed by atoms with E-state index in [4.69, 9.17) is 10.2 Å². The van der Waals surface area contributed by atoms with Gasteiger partial charge in [-0.05, 0) is 83.9 Å². The summed E-state index contributed by atoms with van der Waals surface area (Å²) in [4.78, 5) is 47.7. The molecule has 0 saturated carbocycles. The second-order valence-corrected chi connectivity index (χ2v) is 9.76. The number of anilines is 2. The minimum absolute atomic E-state index is 0.0358. The first-order valence-corrected chi connectivity index (χ1v) is 12.3. The number of carboxylic acids is 2. The second kappa shape index (κ2) is 11.2. The fraction of sp³-hybridized carbons (Fsp3) is 0.0968. The molecule has 0 aromatic heterocycles. The van der Waals surface area contributed by atoms with Crippen LogP contribution in [-0.4, -0.2) is 44.2 Å². The van der Waals surface area contributed by atoms with E-state index in [2.05, 4.69) is 10.6 Å². The van der Waals surface area contributed by atoms with Crippen molar-refractivity contribution >= 4 is 35.1 Å². The van der Waals surface area contributed by atoms with Crippen molar-refractivity contribution < 1.29 is 39.6 Å². The quantitative estimate of drug-likeness (QED) is 0.159. The van der Waals surface area contributed by atoms with Crippen LogP contribution in [0.5, 0.6) is 11.5 Å². The maximum Gasteiger partial charge on any atom is 0.335 e. The lowest BCUT2D eigenvalue weighted by molar-refractivity contribution is 0.0686. The number of benzene rings is 4. The van der Waals surface area contributed by atoms with Gasteiger partial charge in [0, 0.05) is 16.5 Å². The first-order chi connectivity index (χ1) is 19.4. The summed E-state index contributed by atoms with van der Waals surface area (Å²) in [6.07, 6.45) is 0. The predicted octanol–water partition coefficient (Wildman–Crippen LogP) is 5.32. The molecule has 4 rings (SSSR count). The van der Waals surface area contributed by atoms with Gasteiger partial charge >= 0.3 is 11.9 Å². The van der Waals surface area contributed by atoms with Gasteiger partial charge in [-0.25, -0.2) is 9.59 Å². The van der Waals surface area contributed by atoms with E-state index in [-0.39, 0.29) is 45.1 Å². The lowest BCUT2D eigenvalue weighted by Gasteiger charge is -2.27. The van der Waals surface area contributed by atoms with Crippen LogP contribution in [0.1, 0.15) is 66.4 Å². The number of hydrogen-bond acceptors (Lipinski definition) is 6. The smallest absolute Gasteiger partial charge is 0.335 e. The molecule has 4 aromatic rings. The summed E-state index contributed by atoms with van der Waals surface area (Å²) < 4.78 is 0. The van der Waals surface area contributed by atoms with Gasteiger partial charge in [-0.1, -0.05) is 26.0 Å². The minimum atomic E-state index is -1.11. The molecule has 0 aliphatic rings. The zero-order valence-electron chi connectivity index (χ0n) is 22.0. The van der Waals surface area contributed by atoms with Crippen LogP contribution in [0.25, 0.3) is 0 Å². The van der Waals surface area contributed by atoms with Gasteiger partial charge in [0.1, 0.15) is 11.5 Å². The molecule has 0 spiro atoms. The highest BCUT2D eigenvalue weighted by Crippen LogP contribution is 2.38. The zero-order chi connectivity index (χ0) is 29.9. The number of carbonyl (C=O) groups is 4. The number of aromatic hydroxyl groups is 2. The van der Waals surface area contributed by atoms with Crippen LogP contribution >= 0.6 is 0 Å². The molecule has 0 unspecified atom stereocenters. The Hall–Kier alpha value is -5.64. The lowest BCUT2D eigenvalue weighted by Crippen LogP contribution is -2.20. The van der Waals surface area contributed by atoms with Crippen LogP contribution in [0.4, 0.5) is 11.4 Å². The second-order valence-electron chi connectivity index (χ2n) is 9.76. The fourth-order valence-electron chi connectivity index (χ4n) is 4.13. The Morgan fingerprint density at radius 1 is 0.537 bits per heavy atom. The van der Waals surface area contributed by atoms with E-state index in [1.807, 2.05) is 13.8 Å². The Labute approximate surface area is 234 Å². The molecule has 0 fully saturated rings. The summed E-state index contributed by atoms with van der Waals surface area (Å²) in [5.41, 5.74) is 1.42. The molecule has 0 aliphatic heterocycles. The molecule has 208 valence electrons. The lowest BCUT2D eigenvalue weighted by atomic mass is 9.77. The van der Waals surface area contributed by atoms with Gasteiger partial charge in [0.15, 0.2) is 0 Å². The minimum Gasteiger partial charge on any atom is -0.506 e. The predicted molar refractivity (Wildman–Crippen MR) is 151 cm³/mol. The molecular weight excluding hydrogens is 528 g/mol. The standard InChI is InChI=1S/C31H26N2O8/c1-31(2,21-11-13-25(34)23(15-21)32-27(36)17-3-7-19(8-4-17)29(38)39)22-12-14-26(35)24(16-22)33-28(37)18-5-9-20(10-6-18)30(40)41/h3-16,34-35H,1-2H3,(H,32,36)(H,33,37)(H,38,39)(H,40,41). The van der Waals surface area contributed by atoms with Crippen molar-refractivity contribution in [3.63, 3.8) is 0 Å². The highest BCUT2D eigenvalue weighted by molar-refractivity contribution is 6.06. The van der Waals surface area contributed by atoms with E-state index >= 15 is 0 Å². The largest absolute Gasteiger partial charge is 0.506 e. The molecule has 0 bridgehead atoms. The van der Waals surface area contributed by atoms with E-state index in [1.165, 1.54) is 60.7 Å². The average molecular weight is 555 g/mol. The highest BCUT2D eigenvalue weighted by atomic mass is 16.4. The summed E-state index contributed by atoms with van der Waals surface area (Å²) in [6, 6.07) is 20.2. The van der Waals surface area contributed by atoms with Crippen LogP contribution in [0.3, 0.4) is 0 Å². The van der Waals surface area contributed by atoms with Gasteiger partial charge in [-0.2, -0.15) is 0 Å². The third kappa shape index (κ3) is 6.17. The van der Waals surface area contributed by atoms with E-state index < -0.39 is 29.2 Å². The number of nitrogens with one attached hydrogen (secondary N) is 2. The Kier molecular flexibility index (Phi) is 7.77. The number of aromatic carboxylic acids is 2. The molecule has 6 N–H and O–H groups in total. The van der Waals surface area contributed by atoms with Crippen molar-refractivity contribution in [2.24, 2.45) is 0 Å². The van der Waals surface area contributed by atoms with Gasteiger partial charge in [0.05, 0.1) is 22.5 Å². The van der Waals surface area contributed by atoms with Crippen molar-refractivity contribution in [3.8, 4) is 11.5 Å². The highest BCUT2D eigenvalue weighted by Gasteiger charge is 2.26. The van der Waals surface area contributed by atoms with Crippen LogP contribution < -0.4 is 10.6 Å². The van der Waals surface area contributed by atoms with E-state index in [0.717, 1.165) is 0 Å². The molecule has 0 radical (unpaired) electrons. The van der Waals surface area contributed by atoms with E-state index in [1.54, 1.807) is 24.3 Å². The van der Waals surface area contributed by atoms with Crippen molar-refractivity contribution in [1.29, 1.82) is 0 Å². The number of rotatable bonds is 8. The van der Waals surface area contributed by atoms with Crippen LogP contribution in [0.15, 0.2) is 84.9 Å². The van der Waals surface area contributed by atoms with Crippen LogP contribution in [0, 0.1) is 0 Å². The van der Waals surface area contributed by atoms with E-state index in [0.29, 0.717) is 11.1 Å². The van der Waals surface area contributed by atoms with Gasteiger partial charge < -0.3 is 31.1 Å². The van der Waals surface area contributed by atoms with E-state index in [9.17, 15) is 29.4 Å².